The van der Waals surface area contributed by atoms with Gasteiger partial charge in [0.05, 0.1) is 26.8 Å². The minimum atomic E-state index is -0.662. The number of rotatable bonds is 5. The quantitative estimate of drug-likeness (QED) is 0.335. The molecule has 1 amide bonds. The van der Waals surface area contributed by atoms with Crippen molar-refractivity contribution in [3.63, 3.8) is 0 Å². The number of aromatic nitrogens is 1. The van der Waals surface area contributed by atoms with Crippen molar-refractivity contribution in [3.8, 4) is 0 Å². The van der Waals surface area contributed by atoms with Crippen LogP contribution in [0.1, 0.15) is 24.1 Å². The first-order valence-corrected chi connectivity index (χ1v) is 11.9. The number of hydrogen-bond donors (Lipinski definition) is 1. The third-order valence-electron chi connectivity index (χ3n) is 5.81. The summed E-state index contributed by atoms with van der Waals surface area (Å²) in [6.07, 6.45) is 1.68. The lowest BCUT2D eigenvalue weighted by atomic mass is 9.95. The molecule has 5 rings (SSSR count). The second-order valence-electron chi connectivity index (χ2n) is 8.16. The van der Waals surface area contributed by atoms with Crippen LogP contribution in [0.2, 0.25) is 0 Å². The van der Waals surface area contributed by atoms with Crippen LogP contribution in [0.5, 0.6) is 0 Å². The Labute approximate surface area is 209 Å². The number of nitrogens with zero attached hydrogens (tertiary/aromatic N) is 3. The molecule has 1 unspecified atom stereocenters. The summed E-state index contributed by atoms with van der Waals surface area (Å²) >= 11 is 1.22. The zero-order valence-electron chi connectivity index (χ0n) is 19.1. The lowest BCUT2D eigenvalue weighted by molar-refractivity contribution is -0.384. The van der Waals surface area contributed by atoms with Crippen LogP contribution in [0.15, 0.2) is 106 Å². The number of carbonyl (C=O) groups excluding carboxylic acids is 1. The molecule has 1 N–H and O–H groups in total. The molecule has 0 saturated carbocycles. The molecule has 1 aliphatic heterocycles. The second kappa shape index (κ2) is 9.55. The highest BCUT2D eigenvalue weighted by molar-refractivity contribution is 7.07. The number of benzene rings is 3. The first-order valence-electron chi connectivity index (χ1n) is 11.1. The van der Waals surface area contributed by atoms with E-state index in [0.717, 1.165) is 5.56 Å². The summed E-state index contributed by atoms with van der Waals surface area (Å²) in [6.45, 7) is 1.77. The van der Waals surface area contributed by atoms with Crippen molar-refractivity contribution in [2.24, 2.45) is 4.99 Å². The highest BCUT2D eigenvalue weighted by Crippen LogP contribution is 2.30. The van der Waals surface area contributed by atoms with Gasteiger partial charge in [-0.1, -0.05) is 59.9 Å². The lowest BCUT2D eigenvalue weighted by Crippen LogP contribution is -2.40. The number of para-hydroxylation sites is 1. The van der Waals surface area contributed by atoms with Gasteiger partial charge in [0.15, 0.2) is 4.80 Å². The van der Waals surface area contributed by atoms with Gasteiger partial charge < -0.3 is 5.32 Å². The Kier molecular flexibility index (Phi) is 6.14. The molecule has 178 valence electrons. The Hall–Kier alpha value is -4.63. The molecule has 8 nitrogen and oxygen atoms in total. The fraction of sp³-hybridized carbons (Fsp3) is 0.0741. The summed E-state index contributed by atoms with van der Waals surface area (Å²) in [7, 11) is 0. The third-order valence-corrected chi connectivity index (χ3v) is 6.80. The molecule has 0 saturated heterocycles. The van der Waals surface area contributed by atoms with E-state index in [4.69, 9.17) is 0 Å². The average molecular weight is 497 g/mol. The van der Waals surface area contributed by atoms with Gasteiger partial charge in [0.2, 0.25) is 0 Å². The first-order chi connectivity index (χ1) is 17.4. The van der Waals surface area contributed by atoms with Crippen molar-refractivity contribution in [1.29, 1.82) is 0 Å². The van der Waals surface area contributed by atoms with Gasteiger partial charge in [-0.05, 0) is 48.4 Å². The molecule has 0 fully saturated rings. The highest BCUT2D eigenvalue weighted by Gasteiger charge is 2.32. The fourth-order valence-electron chi connectivity index (χ4n) is 4.13. The Morgan fingerprint density at radius 2 is 1.67 bits per heavy atom. The van der Waals surface area contributed by atoms with Crippen LogP contribution in [-0.4, -0.2) is 15.4 Å². The van der Waals surface area contributed by atoms with E-state index >= 15 is 0 Å². The lowest BCUT2D eigenvalue weighted by Gasteiger charge is -2.25. The fourth-order valence-corrected chi connectivity index (χ4v) is 5.17. The normalized spacial score (nSPS) is 15.2. The summed E-state index contributed by atoms with van der Waals surface area (Å²) < 4.78 is 1.96. The van der Waals surface area contributed by atoms with Crippen molar-refractivity contribution in [2.45, 2.75) is 13.0 Å². The van der Waals surface area contributed by atoms with E-state index in [0.29, 0.717) is 31.9 Å². The van der Waals surface area contributed by atoms with E-state index in [-0.39, 0.29) is 17.2 Å². The van der Waals surface area contributed by atoms with Gasteiger partial charge >= 0.3 is 0 Å². The maximum absolute atomic E-state index is 13.6. The Balaban J connectivity index is 1.63. The number of allylic oxidation sites excluding steroid dienone is 1. The summed E-state index contributed by atoms with van der Waals surface area (Å²) in [4.78, 5) is 42.7. The molecule has 0 spiro atoms. The number of hydrogen-bond acceptors (Lipinski definition) is 6. The topological polar surface area (TPSA) is 107 Å². The molecular weight excluding hydrogens is 476 g/mol. The first kappa shape index (κ1) is 23.1. The van der Waals surface area contributed by atoms with Crippen LogP contribution in [-0.2, 0) is 4.79 Å². The van der Waals surface area contributed by atoms with Gasteiger partial charge in [-0.15, -0.1) is 0 Å². The zero-order chi connectivity index (χ0) is 25.2. The van der Waals surface area contributed by atoms with Gasteiger partial charge in [-0.3, -0.25) is 24.3 Å². The van der Waals surface area contributed by atoms with Crippen LogP contribution in [0.4, 0.5) is 11.4 Å². The Morgan fingerprint density at radius 1 is 1.03 bits per heavy atom. The molecular formula is C27H20N4O4S. The van der Waals surface area contributed by atoms with Crippen LogP contribution in [0.3, 0.4) is 0 Å². The second-order valence-corrected chi connectivity index (χ2v) is 9.17. The van der Waals surface area contributed by atoms with Crippen molar-refractivity contribution in [3.05, 3.63) is 137 Å². The summed E-state index contributed by atoms with van der Waals surface area (Å²) in [5, 5.41) is 13.9. The predicted octanol–water partition coefficient (Wildman–Crippen LogP) is 3.78. The van der Waals surface area contributed by atoms with E-state index < -0.39 is 11.0 Å². The molecule has 1 aromatic heterocycles. The largest absolute Gasteiger partial charge is 0.322 e. The molecule has 0 radical (unpaired) electrons. The number of amides is 1. The monoisotopic (exact) mass is 496 g/mol. The zero-order valence-corrected chi connectivity index (χ0v) is 19.9. The van der Waals surface area contributed by atoms with E-state index in [1.165, 1.54) is 23.5 Å². The molecule has 0 bridgehead atoms. The molecule has 4 aromatic rings. The Morgan fingerprint density at radius 3 is 2.31 bits per heavy atom. The van der Waals surface area contributed by atoms with Gasteiger partial charge in [0, 0.05) is 17.8 Å². The number of non-ortho nitro benzene ring substituents is 1. The number of nitro benzene ring substituents is 1. The Bertz CT molecular complexity index is 1670. The molecule has 1 aliphatic rings. The van der Waals surface area contributed by atoms with Crippen LogP contribution >= 0.6 is 11.3 Å². The molecule has 36 heavy (non-hydrogen) atoms. The van der Waals surface area contributed by atoms with Crippen molar-refractivity contribution in [1.82, 2.24) is 4.57 Å². The number of fused-ring (bicyclic) bond motifs is 1. The van der Waals surface area contributed by atoms with E-state index in [1.807, 2.05) is 48.5 Å². The van der Waals surface area contributed by atoms with E-state index in [2.05, 4.69) is 10.3 Å². The maximum Gasteiger partial charge on any atom is 0.271 e. The average Bonchev–Trinajstić information content (AvgIpc) is 3.18. The minimum Gasteiger partial charge on any atom is -0.322 e. The van der Waals surface area contributed by atoms with Crippen LogP contribution < -0.4 is 20.2 Å². The van der Waals surface area contributed by atoms with E-state index in [9.17, 15) is 19.7 Å². The van der Waals surface area contributed by atoms with Crippen molar-refractivity contribution in [2.75, 3.05) is 5.32 Å². The van der Waals surface area contributed by atoms with Crippen LogP contribution in [0.25, 0.3) is 6.08 Å². The van der Waals surface area contributed by atoms with Gasteiger partial charge in [-0.2, -0.15) is 0 Å². The number of thiazole rings is 1. The molecule has 3 aromatic carbocycles. The third kappa shape index (κ3) is 4.39. The molecule has 9 heteroatoms. The number of nitrogens with one attached hydrogen (secondary N) is 1. The summed E-state index contributed by atoms with van der Waals surface area (Å²) in [6, 6.07) is 23.8. The number of carbonyl (C=O) groups is 1. The van der Waals surface area contributed by atoms with Crippen molar-refractivity contribution >= 4 is 34.7 Å². The maximum atomic E-state index is 13.6. The van der Waals surface area contributed by atoms with Gasteiger partial charge in [0.25, 0.3) is 17.2 Å². The SMILES string of the molecule is CC1=C(C(=O)Nc2ccccc2)C(c2ccccc2)n2c(s/c(=C/c3ccc([N+](=O)[O-])cc3)c2=O)=N1. The van der Waals surface area contributed by atoms with Gasteiger partial charge in [-0.25, -0.2) is 4.99 Å². The smallest absolute Gasteiger partial charge is 0.271 e. The molecule has 2 heterocycles. The molecule has 1 atom stereocenters. The highest BCUT2D eigenvalue weighted by atomic mass is 32.1. The molecule has 0 aliphatic carbocycles. The van der Waals surface area contributed by atoms with Crippen LogP contribution in [0, 0.1) is 10.1 Å². The number of nitro groups is 1. The number of anilines is 1. The summed E-state index contributed by atoms with van der Waals surface area (Å²) in [5.41, 5.74) is 2.68. The standard InChI is InChI=1S/C27H20N4O4S/c1-17-23(25(32)29-20-10-6-3-7-11-20)24(19-8-4-2-5-9-19)30-26(33)22(36-27(30)28-17)16-18-12-14-21(15-13-18)31(34)35/h2-16,24H,1H3,(H,29,32)/b22-16+. The summed E-state index contributed by atoms with van der Waals surface area (Å²) in [5.74, 6) is -0.332. The minimum absolute atomic E-state index is 0.0256. The van der Waals surface area contributed by atoms with Gasteiger partial charge in [0.1, 0.15) is 0 Å². The predicted molar refractivity (Wildman–Crippen MR) is 138 cm³/mol. The van der Waals surface area contributed by atoms with E-state index in [1.54, 1.807) is 41.8 Å². The van der Waals surface area contributed by atoms with Crippen molar-refractivity contribution < 1.29 is 9.72 Å².